The average Bonchev–Trinajstić information content (AvgIpc) is 2.93. The minimum Gasteiger partial charge on any atom is -0.497 e. The molecule has 0 aliphatic heterocycles. The van der Waals surface area contributed by atoms with Crippen LogP contribution in [0.2, 0.25) is 0 Å². The summed E-state index contributed by atoms with van der Waals surface area (Å²) in [6.07, 6.45) is -4.41. The highest BCUT2D eigenvalue weighted by molar-refractivity contribution is 5.99. The molecule has 2 amide bonds. The van der Waals surface area contributed by atoms with Gasteiger partial charge >= 0.3 is 17.9 Å². The number of hydrazine groups is 1. The molecule has 39 heavy (non-hydrogen) atoms. The Labute approximate surface area is 223 Å². The molecule has 0 unspecified atom stereocenters. The van der Waals surface area contributed by atoms with Gasteiger partial charge in [-0.1, -0.05) is 35.4 Å². The molecule has 0 fully saturated rings. The fraction of sp³-hybridized carbons (Fsp3) is 0.179. The first-order chi connectivity index (χ1) is 18.6. The molecule has 3 aromatic carbocycles. The summed E-state index contributed by atoms with van der Waals surface area (Å²) >= 11 is 0. The minimum absolute atomic E-state index is 0.0261. The third-order valence-electron chi connectivity index (χ3n) is 5.40. The zero-order valence-corrected chi connectivity index (χ0v) is 21.3. The molecule has 0 bridgehead atoms. The Morgan fingerprint density at radius 3 is 1.67 bits per heavy atom. The summed E-state index contributed by atoms with van der Waals surface area (Å²) < 4.78 is 15.4. The minimum atomic E-state index is -2.25. The first-order valence-corrected chi connectivity index (χ1v) is 11.6. The van der Waals surface area contributed by atoms with Crippen LogP contribution in [0, 0.1) is 13.8 Å². The lowest BCUT2D eigenvalue weighted by molar-refractivity contribution is -0.159. The predicted octanol–water partition coefficient (Wildman–Crippen LogP) is 2.61. The van der Waals surface area contributed by atoms with Crippen molar-refractivity contribution in [3.05, 3.63) is 101 Å². The van der Waals surface area contributed by atoms with Crippen LogP contribution in [-0.2, 0) is 19.1 Å². The lowest BCUT2D eigenvalue weighted by Gasteiger charge is -2.23. The number of esters is 2. The van der Waals surface area contributed by atoms with Crippen molar-refractivity contribution in [2.75, 3.05) is 7.11 Å². The van der Waals surface area contributed by atoms with Gasteiger partial charge in [-0.15, -0.1) is 0 Å². The molecule has 202 valence electrons. The highest BCUT2D eigenvalue weighted by atomic mass is 16.6. The topological polar surface area (TPSA) is 157 Å². The van der Waals surface area contributed by atoms with E-state index in [1.165, 1.54) is 55.6 Å². The summed E-state index contributed by atoms with van der Waals surface area (Å²) in [4.78, 5) is 63.2. The van der Waals surface area contributed by atoms with Crippen LogP contribution in [0.4, 0.5) is 0 Å². The number of amides is 2. The Morgan fingerprint density at radius 1 is 0.692 bits per heavy atom. The van der Waals surface area contributed by atoms with Crippen LogP contribution in [0.15, 0.2) is 72.8 Å². The van der Waals surface area contributed by atoms with Crippen molar-refractivity contribution in [2.24, 2.45) is 0 Å². The highest BCUT2D eigenvalue weighted by Crippen LogP contribution is 2.15. The molecular formula is C28H26N2O9. The van der Waals surface area contributed by atoms with Crippen molar-refractivity contribution >= 4 is 29.7 Å². The molecule has 0 heterocycles. The molecule has 0 saturated heterocycles. The number of carbonyl (C=O) groups excluding carboxylic acids is 4. The Kier molecular flexibility index (Phi) is 9.36. The quantitative estimate of drug-likeness (QED) is 0.277. The average molecular weight is 535 g/mol. The van der Waals surface area contributed by atoms with Gasteiger partial charge in [0.15, 0.2) is 0 Å². The van der Waals surface area contributed by atoms with Crippen LogP contribution < -0.4 is 15.6 Å². The molecule has 3 rings (SSSR count). The molecule has 0 aromatic heterocycles. The molecule has 11 nitrogen and oxygen atoms in total. The molecule has 2 atom stereocenters. The molecule has 0 aliphatic carbocycles. The van der Waals surface area contributed by atoms with Gasteiger partial charge < -0.3 is 19.3 Å². The van der Waals surface area contributed by atoms with Gasteiger partial charge in [-0.25, -0.2) is 14.4 Å². The summed E-state index contributed by atoms with van der Waals surface area (Å²) in [6, 6.07) is 18.2. The Morgan fingerprint density at radius 2 is 1.21 bits per heavy atom. The van der Waals surface area contributed by atoms with Crippen LogP contribution in [0.1, 0.15) is 42.2 Å². The number of aryl methyl sites for hydroxylation is 2. The van der Waals surface area contributed by atoms with E-state index in [9.17, 15) is 29.1 Å². The fourth-order valence-electron chi connectivity index (χ4n) is 3.41. The molecule has 3 N–H and O–H groups in total. The van der Waals surface area contributed by atoms with Gasteiger partial charge in [0, 0.05) is 5.56 Å². The van der Waals surface area contributed by atoms with Gasteiger partial charge in [-0.2, -0.15) is 0 Å². The van der Waals surface area contributed by atoms with Crippen molar-refractivity contribution in [1.82, 2.24) is 10.9 Å². The molecule has 0 saturated carbocycles. The van der Waals surface area contributed by atoms with Gasteiger partial charge in [0.05, 0.1) is 18.2 Å². The van der Waals surface area contributed by atoms with Crippen molar-refractivity contribution in [1.29, 1.82) is 0 Å². The van der Waals surface area contributed by atoms with Crippen LogP contribution in [0.5, 0.6) is 5.75 Å². The van der Waals surface area contributed by atoms with Crippen molar-refractivity contribution in [2.45, 2.75) is 26.1 Å². The summed E-state index contributed by atoms with van der Waals surface area (Å²) in [7, 11) is 1.46. The second-order valence-electron chi connectivity index (χ2n) is 8.40. The number of carboxylic acids is 1. The number of hydrogen-bond acceptors (Lipinski definition) is 8. The van der Waals surface area contributed by atoms with E-state index < -0.39 is 41.9 Å². The van der Waals surface area contributed by atoms with Crippen LogP contribution >= 0.6 is 0 Å². The number of rotatable bonds is 9. The maximum Gasteiger partial charge on any atom is 0.349 e. The van der Waals surface area contributed by atoms with Crippen LogP contribution in [-0.4, -0.2) is 54.1 Å². The number of carboxylic acid groups (broad SMARTS) is 1. The molecule has 0 spiro atoms. The van der Waals surface area contributed by atoms with Gasteiger partial charge in [-0.3, -0.25) is 20.4 Å². The second kappa shape index (κ2) is 12.9. The van der Waals surface area contributed by atoms with E-state index in [4.69, 9.17) is 14.2 Å². The van der Waals surface area contributed by atoms with E-state index in [0.29, 0.717) is 16.9 Å². The van der Waals surface area contributed by atoms with E-state index >= 15 is 0 Å². The number of nitrogens with one attached hydrogen (secondary N) is 2. The SMILES string of the molecule is COc1ccc(C(=O)NNC(=O)[C@H](OC(=O)c2cccc(C)c2)[C@@H](OC(=O)c2cccc(C)c2)C(=O)O)cc1. The standard InChI is InChI=1S/C28H26N2O9/c1-16-6-4-8-19(14-16)27(35)38-22(23(26(33)34)39-28(36)20-9-5-7-17(2)15-20)25(32)30-29-24(31)18-10-12-21(37-3)13-11-18/h4-15,22-23H,1-3H3,(H,29,31)(H,30,32)(H,33,34)/t22-,23-/m1/s1. The Bertz CT molecular complexity index is 1390. The van der Waals surface area contributed by atoms with Gasteiger partial charge in [0.1, 0.15) is 5.75 Å². The first-order valence-electron chi connectivity index (χ1n) is 11.6. The number of benzene rings is 3. The van der Waals surface area contributed by atoms with Crippen LogP contribution in [0.25, 0.3) is 0 Å². The molecule has 3 aromatic rings. The maximum atomic E-state index is 13.1. The lowest BCUT2D eigenvalue weighted by atomic mass is 10.1. The van der Waals surface area contributed by atoms with Crippen LogP contribution in [0.3, 0.4) is 0 Å². The normalized spacial score (nSPS) is 11.9. The third-order valence-corrected chi connectivity index (χ3v) is 5.40. The van der Waals surface area contributed by atoms with E-state index in [1.807, 2.05) is 5.43 Å². The zero-order valence-electron chi connectivity index (χ0n) is 21.3. The Balaban J connectivity index is 1.84. The first kappa shape index (κ1) is 28.4. The van der Waals surface area contributed by atoms with Crippen molar-refractivity contribution < 1.29 is 43.3 Å². The summed E-state index contributed by atoms with van der Waals surface area (Å²) in [5, 5.41) is 9.83. The number of hydrogen-bond donors (Lipinski definition) is 3. The van der Waals surface area contributed by atoms with Gasteiger partial charge in [0.25, 0.3) is 11.8 Å². The van der Waals surface area contributed by atoms with Crippen molar-refractivity contribution in [3.8, 4) is 5.75 Å². The smallest absolute Gasteiger partial charge is 0.349 e. The second-order valence-corrected chi connectivity index (χ2v) is 8.40. The molecule has 0 radical (unpaired) electrons. The highest BCUT2D eigenvalue weighted by Gasteiger charge is 2.41. The summed E-state index contributed by atoms with van der Waals surface area (Å²) in [5.41, 5.74) is 5.77. The maximum absolute atomic E-state index is 13.1. The number of ether oxygens (including phenoxy) is 3. The number of aliphatic carboxylic acids is 1. The third kappa shape index (κ3) is 7.65. The monoisotopic (exact) mass is 534 g/mol. The predicted molar refractivity (Wildman–Crippen MR) is 137 cm³/mol. The van der Waals surface area contributed by atoms with E-state index in [1.54, 1.807) is 38.1 Å². The molecular weight excluding hydrogens is 508 g/mol. The summed E-state index contributed by atoms with van der Waals surface area (Å²) in [5.74, 6) is -5.36. The number of carbonyl (C=O) groups is 5. The summed E-state index contributed by atoms with van der Waals surface area (Å²) in [6.45, 7) is 3.44. The molecule has 11 heteroatoms. The van der Waals surface area contributed by atoms with Gasteiger partial charge in [-0.05, 0) is 62.4 Å². The molecule has 0 aliphatic rings. The zero-order chi connectivity index (χ0) is 28.5. The lowest BCUT2D eigenvalue weighted by Crippen LogP contribution is -2.54. The largest absolute Gasteiger partial charge is 0.497 e. The van der Waals surface area contributed by atoms with Crippen molar-refractivity contribution in [3.63, 3.8) is 0 Å². The fourth-order valence-corrected chi connectivity index (χ4v) is 3.41. The van der Waals surface area contributed by atoms with Gasteiger partial charge in [0.2, 0.25) is 12.2 Å². The Hall–Kier alpha value is -5.19. The van der Waals surface area contributed by atoms with E-state index in [0.717, 1.165) is 0 Å². The van der Waals surface area contributed by atoms with E-state index in [-0.39, 0.29) is 16.7 Å². The van der Waals surface area contributed by atoms with E-state index in [2.05, 4.69) is 5.43 Å². The number of methoxy groups -OCH3 is 1.